The Morgan fingerprint density at radius 2 is 1.93 bits per heavy atom. The summed E-state index contributed by atoms with van der Waals surface area (Å²) >= 11 is 0. The molecule has 0 aromatic carbocycles. The Bertz CT molecular complexity index is 241. The van der Waals surface area contributed by atoms with Crippen molar-refractivity contribution >= 4 is 11.0 Å². The van der Waals surface area contributed by atoms with Crippen LogP contribution in [0.25, 0.3) is 0 Å². The minimum atomic E-state index is -1.00. The molecule has 0 aromatic rings. The van der Waals surface area contributed by atoms with E-state index < -0.39 is 11.0 Å². The van der Waals surface area contributed by atoms with Gasteiger partial charge < -0.3 is 4.74 Å². The average Bonchev–Trinajstić information content (AvgIpc) is 1.97. The Morgan fingerprint density at radius 3 is 2.20 bits per heavy atom. The summed E-state index contributed by atoms with van der Waals surface area (Å²) in [5.41, 5.74) is -0.0493. The van der Waals surface area contributed by atoms with Gasteiger partial charge in [-0.05, 0) is 33.1 Å². The van der Waals surface area contributed by atoms with E-state index >= 15 is 0 Å². The van der Waals surface area contributed by atoms with Crippen molar-refractivity contribution in [3.8, 4) is 0 Å². The van der Waals surface area contributed by atoms with Gasteiger partial charge >= 0.3 is 0 Å². The molecule has 0 radical (unpaired) electrons. The highest BCUT2D eigenvalue weighted by Crippen LogP contribution is 2.27. The second-order valence-corrected chi connectivity index (χ2v) is 7.82. The van der Waals surface area contributed by atoms with Gasteiger partial charge in [-0.25, -0.2) is 8.93 Å². The van der Waals surface area contributed by atoms with Gasteiger partial charge in [0.1, 0.15) is 0 Å². The van der Waals surface area contributed by atoms with Crippen molar-refractivity contribution in [1.82, 2.24) is 4.72 Å². The normalized spacial score (nSPS) is 22.5. The second kappa shape index (κ2) is 4.52. The molecule has 90 valence electrons. The van der Waals surface area contributed by atoms with E-state index in [4.69, 9.17) is 4.74 Å². The molecular weight excluding hydrogens is 210 g/mol. The molecule has 0 bridgehead atoms. The topological polar surface area (TPSA) is 38.3 Å². The zero-order valence-electron chi connectivity index (χ0n) is 10.4. The lowest BCUT2D eigenvalue weighted by molar-refractivity contribution is -0.0712. The predicted molar refractivity (Wildman–Crippen MR) is 64.0 cm³/mol. The molecule has 1 atom stereocenters. The van der Waals surface area contributed by atoms with Gasteiger partial charge in [-0.3, -0.25) is 0 Å². The lowest BCUT2D eigenvalue weighted by atomic mass is 9.88. The highest BCUT2D eigenvalue weighted by molar-refractivity contribution is 7.84. The zero-order valence-corrected chi connectivity index (χ0v) is 11.2. The minimum absolute atomic E-state index is 0.0493. The van der Waals surface area contributed by atoms with Gasteiger partial charge in [0.05, 0.1) is 34.5 Å². The molecule has 4 heteroatoms. The minimum Gasteiger partial charge on any atom is -0.377 e. The Hall–Kier alpha value is 0.0700. The molecule has 1 heterocycles. The number of rotatable bonds is 4. The molecule has 0 amide bonds. The molecular formula is C11H23NO2S. The number of nitrogens with one attached hydrogen (secondary N) is 1. The largest absolute Gasteiger partial charge is 0.377 e. The maximum atomic E-state index is 12.0. The highest BCUT2D eigenvalue weighted by atomic mass is 32.2. The van der Waals surface area contributed by atoms with Crippen LogP contribution in [0.15, 0.2) is 0 Å². The lowest BCUT2D eigenvalue weighted by Gasteiger charge is -2.44. The fourth-order valence-corrected chi connectivity index (χ4v) is 2.60. The predicted octanol–water partition coefficient (Wildman–Crippen LogP) is 1.85. The van der Waals surface area contributed by atoms with Gasteiger partial charge in [0.2, 0.25) is 0 Å². The van der Waals surface area contributed by atoms with Crippen molar-refractivity contribution in [2.75, 3.05) is 13.2 Å². The van der Waals surface area contributed by atoms with Gasteiger partial charge in [0.15, 0.2) is 0 Å². The molecule has 0 aliphatic carbocycles. The molecule has 15 heavy (non-hydrogen) atoms. The molecule has 1 aliphatic rings. The van der Waals surface area contributed by atoms with Gasteiger partial charge in [-0.2, -0.15) is 0 Å². The third-order valence-electron chi connectivity index (χ3n) is 2.42. The van der Waals surface area contributed by atoms with Crippen LogP contribution in [-0.2, 0) is 15.7 Å². The standard InChI is InChI=1S/C11H23NO2S/c1-9(2)6-11(7-14-8-11)12-15(13)10(3,4)5/h9,12H,6-8H2,1-5H3. The van der Waals surface area contributed by atoms with E-state index in [1.807, 2.05) is 20.8 Å². The van der Waals surface area contributed by atoms with E-state index in [9.17, 15) is 4.21 Å². The van der Waals surface area contributed by atoms with Crippen LogP contribution in [0.4, 0.5) is 0 Å². The summed E-state index contributed by atoms with van der Waals surface area (Å²) in [7, 11) is -1.00. The van der Waals surface area contributed by atoms with Crippen LogP contribution in [0.5, 0.6) is 0 Å². The summed E-state index contributed by atoms with van der Waals surface area (Å²) in [6, 6.07) is 0. The van der Waals surface area contributed by atoms with E-state index in [0.717, 1.165) is 6.42 Å². The van der Waals surface area contributed by atoms with Gasteiger partial charge in [-0.15, -0.1) is 0 Å². The van der Waals surface area contributed by atoms with Crippen LogP contribution >= 0.6 is 0 Å². The van der Waals surface area contributed by atoms with E-state index in [-0.39, 0.29) is 10.3 Å². The number of ether oxygens (including phenoxy) is 1. The Labute approximate surface area is 95.6 Å². The Balaban J connectivity index is 2.57. The van der Waals surface area contributed by atoms with Crippen LogP contribution in [0.2, 0.25) is 0 Å². The Morgan fingerprint density at radius 1 is 1.40 bits per heavy atom. The SMILES string of the molecule is CC(C)CC1(NS(=O)C(C)(C)C)COC1. The van der Waals surface area contributed by atoms with Crippen molar-refractivity contribution in [1.29, 1.82) is 0 Å². The van der Waals surface area contributed by atoms with Crippen molar-refractivity contribution in [3.63, 3.8) is 0 Å². The molecule has 0 saturated carbocycles. The molecule has 1 fully saturated rings. The number of hydrogen-bond donors (Lipinski definition) is 1. The quantitative estimate of drug-likeness (QED) is 0.805. The zero-order chi connectivity index (χ0) is 11.7. The summed E-state index contributed by atoms with van der Waals surface area (Å²) in [6.07, 6.45) is 1.02. The maximum Gasteiger partial charge on any atom is 0.0977 e. The molecule has 0 aromatic heterocycles. The monoisotopic (exact) mass is 233 g/mol. The van der Waals surface area contributed by atoms with E-state index in [2.05, 4.69) is 18.6 Å². The third-order valence-corrected chi connectivity index (χ3v) is 4.15. The summed E-state index contributed by atoms with van der Waals surface area (Å²) < 4.78 is 20.3. The summed E-state index contributed by atoms with van der Waals surface area (Å²) in [5, 5.41) is 0. The van der Waals surface area contributed by atoms with Crippen molar-refractivity contribution < 1.29 is 8.95 Å². The van der Waals surface area contributed by atoms with Gasteiger partial charge in [0.25, 0.3) is 0 Å². The van der Waals surface area contributed by atoms with Crippen LogP contribution in [0.1, 0.15) is 41.0 Å². The highest BCUT2D eigenvalue weighted by Gasteiger charge is 2.41. The first-order valence-electron chi connectivity index (χ1n) is 5.53. The average molecular weight is 233 g/mol. The van der Waals surface area contributed by atoms with Gasteiger partial charge in [0, 0.05) is 0 Å². The molecule has 0 spiro atoms. The third kappa shape index (κ3) is 3.54. The van der Waals surface area contributed by atoms with Crippen LogP contribution in [0, 0.1) is 5.92 Å². The summed E-state index contributed by atoms with van der Waals surface area (Å²) in [4.78, 5) is 0. The first-order chi connectivity index (χ1) is 6.75. The van der Waals surface area contributed by atoms with Crippen LogP contribution < -0.4 is 4.72 Å². The van der Waals surface area contributed by atoms with Gasteiger partial charge in [-0.1, -0.05) is 13.8 Å². The molecule has 3 nitrogen and oxygen atoms in total. The fourth-order valence-electron chi connectivity index (χ4n) is 1.70. The smallest absolute Gasteiger partial charge is 0.0977 e. The van der Waals surface area contributed by atoms with Crippen molar-refractivity contribution in [2.24, 2.45) is 5.92 Å². The molecule has 1 N–H and O–H groups in total. The first-order valence-corrected chi connectivity index (χ1v) is 6.68. The molecule has 1 saturated heterocycles. The summed E-state index contributed by atoms with van der Waals surface area (Å²) in [5.74, 6) is 0.596. The number of hydrogen-bond acceptors (Lipinski definition) is 2. The lowest BCUT2D eigenvalue weighted by Crippen LogP contribution is -2.63. The van der Waals surface area contributed by atoms with E-state index in [0.29, 0.717) is 19.1 Å². The molecule has 1 unspecified atom stereocenters. The van der Waals surface area contributed by atoms with Crippen LogP contribution in [-0.4, -0.2) is 27.7 Å². The Kier molecular flexibility index (Phi) is 3.95. The van der Waals surface area contributed by atoms with E-state index in [1.54, 1.807) is 0 Å². The molecule has 1 aliphatic heterocycles. The first kappa shape index (κ1) is 13.1. The van der Waals surface area contributed by atoms with Crippen molar-refractivity contribution in [2.45, 2.75) is 51.3 Å². The maximum absolute atomic E-state index is 12.0. The fraction of sp³-hybridized carbons (Fsp3) is 1.00. The van der Waals surface area contributed by atoms with Crippen molar-refractivity contribution in [3.05, 3.63) is 0 Å². The van der Waals surface area contributed by atoms with E-state index in [1.165, 1.54) is 0 Å². The second-order valence-electron chi connectivity index (χ2n) is 5.85. The molecule has 1 rings (SSSR count). The summed E-state index contributed by atoms with van der Waals surface area (Å²) in [6.45, 7) is 11.7. The van der Waals surface area contributed by atoms with Crippen LogP contribution in [0.3, 0.4) is 0 Å².